The van der Waals surface area contributed by atoms with Crippen molar-refractivity contribution in [3.05, 3.63) is 35.2 Å². The number of carbonyl (C=O) groups excluding carboxylic acids is 1. The van der Waals surface area contributed by atoms with Gasteiger partial charge in [0.05, 0.1) is 12.2 Å². The van der Waals surface area contributed by atoms with Crippen LogP contribution in [0.1, 0.15) is 12.0 Å². The molecule has 2 aromatic rings. The Morgan fingerprint density at radius 1 is 1.20 bits per heavy atom. The van der Waals surface area contributed by atoms with Crippen molar-refractivity contribution >= 4 is 47.1 Å². The number of carbonyl (C=O) groups is 1. The van der Waals surface area contributed by atoms with Crippen LogP contribution in [0.5, 0.6) is 0 Å². The van der Waals surface area contributed by atoms with E-state index in [4.69, 9.17) is 11.5 Å². The van der Waals surface area contributed by atoms with E-state index in [2.05, 4.69) is 4.98 Å². The Morgan fingerprint density at radius 3 is 2.35 bits per heavy atom. The molecule has 0 amide bonds. The van der Waals surface area contributed by atoms with Gasteiger partial charge in [0.25, 0.3) is 0 Å². The summed E-state index contributed by atoms with van der Waals surface area (Å²) in [6.45, 7) is 0.121. The largest absolute Gasteiger partial charge is 0.375 e. The Bertz CT molecular complexity index is 543. The first-order valence-corrected chi connectivity index (χ1v) is 6.59. The Balaban J connectivity index is 0.00000180. The zero-order valence-corrected chi connectivity index (χ0v) is 13.2. The van der Waals surface area contributed by atoms with Crippen LogP contribution in [-0.2, 0) is 11.2 Å². The van der Waals surface area contributed by atoms with Crippen LogP contribution in [0.25, 0.3) is 11.3 Å². The van der Waals surface area contributed by atoms with Gasteiger partial charge in [0, 0.05) is 17.4 Å². The number of rotatable bonds is 5. The second-order valence-electron chi connectivity index (χ2n) is 4.01. The number of Topliss-reactive ketones (excluding diaryl/α,β-unsaturated/α-hetero) is 1. The number of halogens is 2. The van der Waals surface area contributed by atoms with Gasteiger partial charge < -0.3 is 11.5 Å². The molecule has 2 rings (SSSR count). The molecule has 0 atom stereocenters. The molecular formula is C13H17Cl2N3OS. The molecule has 0 saturated heterocycles. The minimum atomic E-state index is 0. The molecule has 0 bridgehead atoms. The van der Waals surface area contributed by atoms with Crippen LogP contribution in [0.4, 0.5) is 5.13 Å². The Hall–Kier alpha value is -1.14. The fraction of sp³-hybridized carbons (Fsp3) is 0.231. The molecule has 0 unspecified atom stereocenters. The molecule has 1 aromatic carbocycles. The van der Waals surface area contributed by atoms with Gasteiger partial charge in [-0.2, -0.15) is 0 Å². The van der Waals surface area contributed by atoms with Gasteiger partial charge in [0.2, 0.25) is 0 Å². The van der Waals surface area contributed by atoms with E-state index in [1.165, 1.54) is 11.3 Å². The molecule has 0 aliphatic rings. The predicted molar refractivity (Wildman–Crippen MR) is 88.8 cm³/mol. The third-order valence-electron chi connectivity index (χ3n) is 2.69. The molecule has 0 radical (unpaired) electrons. The molecule has 7 heteroatoms. The Morgan fingerprint density at radius 2 is 1.85 bits per heavy atom. The van der Waals surface area contributed by atoms with E-state index in [1.54, 1.807) is 0 Å². The van der Waals surface area contributed by atoms with E-state index in [-0.39, 0.29) is 37.1 Å². The van der Waals surface area contributed by atoms with Gasteiger partial charge in [-0.15, -0.1) is 36.2 Å². The van der Waals surface area contributed by atoms with Crippen LogP contribution < -0.4 is 11.5 Å². The smallest absolute Gasteiger partial charge is 0.180 e. The number of nitrogens with zero attached hydrogens (tertiary/aromatic N) is 1. The number of thiazole rings is 1. The first-order valence-electron chi connectivity index (χ1n) is 5.71. The van der Waals surface area contributed by atoms with E-state index < -0.39 is 0 Å². The number of aryl methyl sites for hydroxylation is 1. The highest BCUT2D eigenvalue weighted by Crippen LogP contribution is 2.23. The SMILES string of the molecule is Cl.Cl.NCC(=O)CCc1ccc(-c2csc(N)n2)cc1. The number of nitrogens with two attached hydrogens (primary N) is 2. The predicted octanol–water partition coefficient (Wildman–Crippen LogP) is 2.70. The van der Waals surface area contributed by atoms with E-state index in [0.29, 0.717) is 11.6 Å². The maximum absolute atomic E-state index is 11.1. The first-order chi connectivity index (χ1) is 8.69. The maximum Gasteiger partial charge on any atom is 0.180 e. The number of aromatic nitrogens is 1. The highest BCUT2D eigenvalue weighted by molar-refractivity contribution is 7.13. The Labute approximate surface area is 134 Å². The average Bonchev–Trinajstić information content (AvgIpc) is 2.83. The standard InChI is InChI=1S/C13H15N3OS.2ClH/c14-7-11(17)6-3-9-1-4-10(5-2-9)12-8-18-13(15)16-12;;/h1-2,4-5,8H,3,6-7,14H2,(H2,15,16);2*1H. The minimum Gasteiger partial charge on any atom is -0.375 e. The maximum atomic E-state index is 11.1. The van der Waals surface area contributed by atoms with Crippen molar-refractivity contribution in [2.45, 2.75) is 12.8 Å². The second-order valence-corrected chi connectivity index (χ2v) is 4.90. The van der Waals surface area contributed by atoms with Gasteiger partial charge in [-0.25, -0.2) is 4.98 Å². The van der Waals surface area contributed by atoms with Gasteiger partial charge in [-0.05, 0) is 12.0 Å². The summed E-state index contributed by atoms with van der Waals surface area (Å²) in [4.78, 5) is 15.4. The van der Waals surface area contributed by atoms with E-state index in [0.717, 1.165) is 23.2 Å². The van der Waals surface area contributed by atoms with Gasteiger partial charge >= 0.3 is 0 Å². The van der Waals surface area contributed by atoms with Crippen molar-refractivity contribution < 1.29 is 4.79 Å². The average molecular weight is 334 g/mol. The zero-order valence-electron chi connectivity index (χ0n) is 10.7. The summed E-state index contributed by atoms with van der Waals surface area (Å²) in [5, 5.41) is 2.50. The lowest BCUT2D eigenvalue weighted by Gasteiger charge is -2.02. The van der Waals surface area contributed by atoms with Crippen LogP contribution in [0.3, 0.4) is 0 Å². The molecule has 0 fully saturated rings. The molecule has 110 valence electrons. The number of benzene rings is 1. The molecule has 20 heavy (non-hydrogen) atoms. The zero-order chi connectivity index (χ0) is 13.0. The highest BCUT2D eigenvalue weighted by Gasteiger charge is 2.03. The number of hydrogen-bond donors (Lipinski definition) is 2. The van der Waals surface area contributed by atoms with Crippen LogP contribution in [-0.4, -0.2) is 17.3 Å². The van der Waals surface area contributed by atoms with E-state index in [9.17, 15) is 4.79 Å². The summed E-state index contributed by atoms with van der Waals surface area (Å²) in [7, 11) is 0. The molecule has 4 nitrogen and oxygen atoms in total. The molecule has 0 spiro atoms. The summed E-state index contributed by atoms with van der Waals surface area (Å²) >= 11 is 1.43. The summed E-state index contributed by atoms with van der Waals surface area (Å²) in [5.74, 6) is 0.0892. The van der Waals surface area contributed by atoms with Crippen molar-refractivity contribution in [1.29, 1.82) is 0 Å². The van der Waals surface area contributed by atoms with Gasteiger partial charge in [-0.3, -0.25) is 4.79 Å². The summed E-state index contributed by atoms with van der Waals surface area (Å²) in [6, 6.07) is 8.01. The highest BCUT2D eigenvalue weighted by atomic mass is 35.5. The number of hydrogen-bond acceptors (Lipinski definition) is 5. The fourth-order valence-corrected chi connectivity index (χ4v) is 2.22. The normalized spacial score (nSPS) is 9.45. The van der Waals surface area contributed by atoms with E-state index >= 15 is 0 Å². The van der Waals surface area contributed by atoms with Crippen LogP contribution in [0.2, 0.25) is 0 Å². The molecule has 1 heterocycles. The lowest BCUT2D eigenvalue weighted by atomic mass is 10.0. The number of ketones is 1. The van der Waals surface area contributed by atoms with Crippen molar-refractivity contribution in [3.8, 4) is 11.3 Å². The topological polar surface area (TPSA) is 82.0 Å². The summed E-state index contributed by atoms with van der Waals surface area (Å²) in [5.41, 5.74) is 13.9. The summed E-state index contributed by atoms with van der Waals surface area (Å²) < 4.78 is 0. The van der Waals surface area contributed by atoms with Crippen molar-refractivity contribution in [1.82, 2.24) is 4.98 Å². The van der Waals surface area contributed by atoms with Gasteiger partial charge in [0.1, 0.15) is 5.78 Å². The number of nitrogen functional groups attached to an aromatic ring is 1. The minimum absolute atomic E-state index is 0. The van der Waals surface area contributed by atoms with Crippen molar-refractivity contribution in [2.24, 2.45) is 5.73 Å². The Kier molecular flexibility index (Phi) is 8.41. The molecule has 0 saturated carbocycles. The summed E-state index contributed by atoms with van der Waals surface area (Å²) in [6.07, 6.45) is 1.23. The van der Waals surface area contributed by atoms with Crippen LogP contribution >= 0.6 is 36.2 Å². The van der Waals surface area contributed by atoms with Gasteiger partial charge in [0.15, 0.2) is 5.13 Å². The van der Waals surface area contributed by atoms with Crippen LogP contribution in [0, 0.1) is 0 Å². The lowest BCUT2D eigenvalue weighted by molar-refractivity contribution is -0.117. The molecule has 1 aromatic heterocycles. The van der Waals surface area contributed by atoms with E-state index in [1.807, 2.05) is 29.6 Å². The monoisotopic (exact) mass is 333 g/mol. The molecule has 4 N–H and O–H groups in total. The molecule has 0 aliphatic carbocycles. The molecule has 0 aliphatic heterocycles. The fourth-order valence-electron chi connectivity index (χ4n) is 1.65. The quantitative estimate of drug-likeness (QED) is 0.881. The van der Waals surface area contributed by atoms with Gasteiger partial charge in [-0.1, -0.05) is 24.3 Å². The second kappa shape index (κ2) is 8.92. The third-order valence-corrected chi connectivity index (χ3v) is 3.37. The number of anilines is 1. The first kappa shape index (κ1) is 18.9. The van der Waals surface area contributed by atoms with Crippen LogP contribution in [0.15, 0.2) is 29.6 Å². The molecular weight excluding hydrogens is 317 g/mol. The third kappa shape index (κ3) is 5.09. The van der Waals surface area contributed by atoms with Crippen molar-refractivity contribution in [3.63, 3.8) is 0 Å². The lowest BCUT2D eigenvalue weighted by Crippen LogP contribution is -2.13. The van der Waals surface area contributed by atoms with Crippen molar-refractivity contribution in [2.75, 3.05) is 12.3 Å².